The maximum atomic E-state index is 11.8. The number of hydrogen-bond donors (Lipinski definition) is 1. The monoisotopic (exact) mass is 410 g/mol. The van der Waals surface area contributed by atoms with Gasteiger partial charge in [0.25, 0.3) is 0 Å². The molecule has 2 atom stereocenters. The first kappa shape index (κ1) is 19.0. The standard InChI is InChI=1S/C19H17Cl3N2O2/c1-2-14-17(18(25)26)23-24(16-8-7-13(21)11-15(16)22)19(14)9-3-5-12(20)6-4-10-19/h3-9,11,14H,2,10H2,1H3,(H,25,26)/b6-4-,9-3+,12-5+/t14-,19?/m1/s1. The summed E-state index contributed by atoms with van der Waals surface area (Å²) in [6.45, 7) is 1.96. The molecule has 0 fully saturated rings. The molecule has 136 valence electrons. The molecule has 0 saturated carbocycles. The average Bonchev–Trinajstić information content (AvgIpc) is 2.88. The van der Waals surface area contributed by atoms with Gasteiger partial charge in [0.15, 0.2) is 5.71 Å². The lowest BCUT2D eigenvalue weighted by atomic mass is 9.76. The van der Waals surface area contributed by atoms with Crippen LogP contribution in [-0.2, 0) is 4.79 Å². The van der Waals surface area contributed by atoms with Crippen LogP contribution in [0.5, 0.6) is 0 Å². The summed E-state index contributed by atoms with van der Waals surface area (Å²) in [5.41, 5.74) is 0.0385. The summed E-state index contributed by atoms with van der Waals surface area (Å²) < 4.78 is 0. The van der Waals surface area contributed by atoms with Crippen molar-refractivity contribution < 1.29 is 9.90 Å². The molecule has 1 heterocycles. The number of rotatable bonds is 3. The molecule has 0 bridgehead atoms. The number of hydrazone groups is 1. The first-order valence-electron chi connectivity index (χ1n) is 8.17. The second-order valence-corrected chi connectivity index (χ2v) is 7.45. The third-order valence-electron chi connectivity index (χ3n) is 4.66. The van der Waals surface area contributed by atoms with Gasteiger partial charge in [-0.15, -0.1) is 0 Å². The van der Waals surface area contributed by atoms with Crippen molar-refractivity contribution in [1.82, 2.24) is 0 Å². The van der Waals surface area contributed by atoms with Crippen molar-refractivity contribution >= 4 is 52.2 Å². The number of carboxylic acids is 1. The largest absolute Gasteiger partial charge is 0.477 e. The second-order valence-electron chi connectivity index (χ2n) is 6.17. The van der Waals surface area contributed by atoms with E-state index in [1.165, 1.54) is 0 Å². The molecule has 1 aliphatic carbocycles. The van der Waals surface area contributed by atoms with Crippen LogP contribution in [0.25, 0.3) is 0 Å². The van der Waals surface area contributed by atoms with Crippen LogP contribution in [-0.4, -0.2) is 22.3 Å². The number of nitrogens with zero attached hydrogens (tertiary/aromatic N) is 2. The number of carboxylic acid groups (broad SMARTS) is 1. The molecular formula is C19H17Cl3N2O2. The van der Waals surface area contributed by atoms with E-state index in [4.69, 9.17) is 34.8 Å². The van der Waals surface area contributed by atoms with Crippen molar-refractivity contribution in [3.05, 3.63) is 63.7 Å². The van der Waals surface area contributed by atoms with Crippen molar-refractivity contribution in [2.75, 3.05) is 5.01 Å². The van der Waals surface area contributed by atoms with E-state index in [-0.39, 0.29) is 11.6 Å². The molecular weight excluding hydrogens is 395 g/mol. The molecule has 0 amide bonds. The Balaban J connectivity index is 2.20. The van der Waals surface area contributed by atoms with Gasteiger partial charge < -0.3 is 5.11 Å². The number of anilines is 1. The minimum absolute atomic E-state index is 0.118. The number of aliphatic carboxylic acids is 1. The number of hydrogen-bond acceptors (Lipinski definition) is 3. The smallest absolute Gasteiger partial charge is 0.352 e. The van der Waals surface area contributed by atoms with E-state index in [0.717, 1.165) is 0 Å². The lowest BCUT2D eigenvalue weighted by molar-refractivity contribution is -0.129. The zero-order valence-corrected chi connectivity index (χ0v) is 16.3. The molecule has 7 heteroatoms. The van der Waals surface area contributed by atoms with Crippen LogP contribution in [0.15, 0.2) is 58.7 Å². The SMILES string of the molecule is CC[C@@H]1C(C(=O)O)=NN(c2ccc(Cl)cc2Cl)C12/C=C/C=C(Cl)\C=C/C2. The number of allylic oxidation sites excluding steroid dienone is 4. The molecule has 4 nitrogen and oxygen atoms in total. The maximum absolute atomic E-state index is 11.8. The second kappa shape index (κ2) is 7.47. The highest BCUT2D eigenvalue weighted by Gasteiger charge is 2.51. The Morgan fingerprint density at radius 3 is 2.81 bits per heavy atom. The van der Waals surface area contributed by atoms with Gasteiger partial charge in [-0.05, 0) is 43.2 Å². The van der Waals surface area contributed by atoms with Crippen LogP contribution in [0.2, 0.25) is 10.0 Å². The fourth-order valence-corrected chi connectivity index (χ4v) is 4.18. The van der Waals surface area contributed by atoms with Crippen molar-refractivity contribution in [1.29, 1.82) is 0 Å². The number of carbonyl (C=O) groups is 1. The topological polar surface area (TPSA) is 52.9 Å². The summed E-state index contributed by atoms with van der Waals surface area (Å²) in [6.07, 6.45) is 10.4. The van der Waals surface area contributed by atoms with Gasteiger partial charge in [-0.25, -0.2) is 4.79 Å². The molecule has 1 aromatic rings. The Hall–Kier alpha value is -1.75. The van der Waals surface area contributed by atoms with E-state index < -0.39 is 11.5 Å². The van der Waals surface area contributed by atoms with E-state index in [9.17, 15) is 9.90 Å². The highest BCUT2D eigenvalue weighted by molar-refractivity contribution is 6.39. The average molecular weight is 412 g/mol. The Kier molecular flexibility index (Phi) is 5.47. The van der Waals surface area contributed by atoms with Gasteiger partial charge in [-0.2, -0.15) is 5.10 Å². The molecule has 0 radical (unpaired) electrons. The normalized spacial score (nSPS) is 29.5. The van der Waals surface area contributed by atoms with Crippen LogP contribution in [0, 0.1) is 5.92 Å². The maximum Gasteiger partial charge on any atom is 0.352 e. The third kappa shape index (κ3) is 3.29. The van der Waals surface area contributed by atoms with Gasteiger partial charge in [0.2, 0.25) is 0 Å². The molecule has 1 aromatic carbocycles. The van der Waals surface area contributed by atoms with E-state index in [1.807, 2.05) is 25.2 Å². The number of halogens is 3. The molecule has 0 saturated heterocycles. The van der Waals surface area contributed by atoms with E-state index in [1.54, 1.807) is 35.4 Å². The zero-order valence-electron chi connectivity index (χ0n) is 14.0. The van der Waals surface area contributed by atoms with Crippen LogP contribution in [0.4, 0.5) is 5.69 Å². The predicted molar refractivity (Wildman–Crippen MR) is 107 cm³/mol. The van der Waals surface area contributed by atoms with Gasteiger partial charge in [-0.1, -0.05) is 60.0 Å². The van der Waals surface area contributed by atoms with E-state index in [0.29, 0.717) is 33.6 Å². The van der Waals surface area contributed by atoms with Crippen LogP contribution in [0.3, 0.4) is 0 Å². The van der Waals surface area contributed by atoms with Crippen LogP contribution < -0.4 is 5.01 Å². The van der Waals surface area contributed by atoms with Crippen LogP contribution >= 0.6 is 34.8 Å². The molecule has 2 aliphatic rings. The van der Waals surface area contributed by atoms with Crippen molar-refractivity contribution in [2.45, 2.75) is 25.3 Å². The Bertz CT molecular complexity index is 860. The zero-order chi connectivity index (χ0) is 18.9. The highest BCUT2D eigenvalue weighted by atomic mass is 35.5. The molecule has 3 rings (SSSR count). The molecule has 1 N–H and O–H groups in total. The Labute approximate surface area is 167 Å². The van der Waals surface area contributed by atoms with Crippen molar-refractivity contribution in [3.8, 4) is 0 Å². The van der Waals surface area contributed by atoms with E-state index in [2.05, 4.69) is 5.10 Å². The molecule has 0 aromatic heterocycles. The highest BCUT2D eigenvalue weighted by Crippen LogP contribution is 2.45. The molecule has 26 heavy (non-hydrogen) atoms. The first-order valence-corrected chi connectivity index (χ1v) is 9.31. The van der Waals surface area contributed by atoms with E-state index >= 15 is 0 Å². The van der Waals surface area contributed by atoms with Crippen LogP contribution in [0.1, 0.15) is 19.8 Å². The molecule has 1 spiro atoms. The number of benzene rings is 1. The quantitative estimate of drug-likeness (QED) is 0.698. The summed E-state index contributed by atoms with van der Waals surface area (Å²) in [6, 6.07) is 5.10. The summed E-state index contributed by atoms with van der Waals surface area (Å²) >= 11 is 18.5. The van der Waals surface area contributed by atoms with Gasteiger partial charge >= 0.3 is 5.97 Å². The molecule has 1 aliphatic heterocycles. The predicted octanol–water partition coefficient (Wildman–Crippen LogP) is 5.66. The first-order chi connectivity index (χ1) is 12.4. The molecule has 1 unspecified atom stereocenters. The summed E-state index contributed by atoms with van der Waals surface area (Å²) in [5.74, 6) is -1.34. The van der Waals surface area contributed by atoms with Gasteiger partial charge in [0, 0.05) is 16.0 Å². The summed E-state index contributed by atoms with van der Waals surface area (Å²) in [7, 11) is 0. The minimum atomic E-state index is -1.03. The van der Waals surface area contributed by atoms with Gasteiger partial charge in [0.05, 0.1) is 16.2 Å². The van der Waals surface area contributed by atoms with Crippen molar-refractivity contribution in [2.24, 2.45) is 11.0 Å². The summed E-state index contributed by atoms with van der Waals surface area (Å²) in [4.78, 5) is 11.8. The Morgan fingerprint density at radius 2 is 2.15 bits per heavy atom. The lowest BCUT2D eigenvalue weighted by Gasteiger charge is -2.39. The lowest BCUT2D eigenvalue weighted by Crippen LogP contribution is -2.48. The minimum Gasteiger partial charge on any atom is -0.477 e. The van der Waals surface area contributed by atoms with Crippen molar-refractivity contribution in [3.63, 3.8) is 0 Å². The van der Waals surface area contributed by atoms with Gasteiger partial charge in [-0.3, -0.25) is 5.01 Å². The fraction of sp³-hybridized carbons (Fsp3) is 0.263. The third-order valence-corrected chi connectivity index (χ3v) is 5.45. The summed E-state index contributed by atoms with van der Waals surface area (Å²) in [5, 5.41) is 17.4. The van der Waals surface area contributed by atoms with Gasteiger partial charge in [0.1, 0.15) is 0 Å². The fourth-order valence-electron chi connectivity index (χ4n) is 3.53. The Morgan fingerprint density at radius 1 is 1.38 bits per heavy atom.